The van der Waals surface area contributed by atoms with E-state index in [9.17, 15) is 13.6 Å². The Bertz CT molecular complexity index is 860. The van der Waals surface area contributed by atoms with Gasteiger partial charge in [0.25, 0.3) is 5.91 Å². The van der Waals surface area contributed by atoms with Crippen LogP contribution in [0.25, 0.3) is 6.08 Å². The van der Waals surface area contributed by atoms with Crippen LogP contribution < -0.4 is 5.32 Å². The summed E-state index contributed by atoms with van der Waals surface area (Å²) in [6.07, 6.45) is 0.818. The van der Waals surface area contributed by atoms with Crippen LogP contribution in [0.2, 0.25) is 10.0 Å². The summed E-state index contributed by atoms with van der Waals surface area (Å²) in [6, 6.07) is 10.4. The van der Waals surface area contributed by atoms with Crippen LogP contribution in [-0.2, 0) is 11.3 Å². The van der Waals surface area contributed by atoms with Gasteiger partial charge in [-0.2, -0.15) is 5.26 Å². The first kappa shape index (κ1) is 17.9. The predicted octanol–water partition coefficient (Wildman–Crippen LogP) is 4.49. The Morgan fingerprint density at radius 2 is 1.88 bits per heavy atom. The minimum atomic E-state index is -1.04. The van der Waals surface area contributed by atoms with Crippen LogP contribution in [0.15, 0.2) is 42.0 Å². The lowest BCUT2D eigenvalue weighted by molar-refractivity contribution is -0.117. The summed E-state index contributed by atoms with van der Waals surface area (Å²) in [7, 11) is 0. The zero-order chi connectivity index (χ0) is 17.7. The standard InChI is InChI=1S/C17H10Cl2F2N2O/c18-13-4-2-1-3-10(13)9-23-17(24)11(8-22)7-12-15(20)6-5-14(19)16(12)21/h1-7H,9H2,(H,23,24). The van der Waals surface area contributed by atoms with Crippen molar-refractivity contribution in [1.82, 2.24) is 5.32 Å². The number of nitrogens with zero attached hydrogens (tertiary/aromatic N) is 1. The molecule has 24 heavy (non-hydrogen) atoms. The third-order valence-corrected chi connectivity index (χ3v) is 3.79. The molecule has 0 saturated carbocycles. The maximum atomic E-state index is 13.9. The van der Waals surface area contributed by atoms with Crippen molar-refractivity contribution in [3.63, 3.8) is 0 Å². The highest BCUT2D eigenvalue weighted by Crippen LogP contribution is 2.23. The average Bonchev–Trinajstić information content (AvgIpc) is 2.57. The van der Waals surface area contributed by atoms with Crippen LogP contribution in [-0.4, -0.2) is 5.91 Å². The van der Waals surface area contributed by atoms with Crippen molar-refractivity contribution >= 4 is 35.2 Å². The van der Waals surface area contributed by atoms with Gasteiger partial charge in [-0.15, -0.1) is 0 Å². The van der Waals surface area contributed by atoms with E-state index in [0.717, 1.165) is 18.2 Å². The zero-order valence-electron chi connectivity index (χ0n) is 12.1. The van der Waals surface area contributed by atoms with Gasteiger partial charge >= 0.3 is 0 Å². The molecule has 0 spiro atoms. The topological polar surface area (TPSA) is 52.9 Å². The number of halogens is 4. The number of carbonyl (C=O) groups is 1. The van der Waals surface area contributed by atoms with Crippen LogP contribution in [0, 0.1) is 23.0 Å². The maximum absolute atomic E-state index is 13.9. The van der Waals surface area contributed by atoms with Crippen LogP contribution in [0.1, 0.15) is 11.1 Å². The maximum Gasteiger partial charge on any atom is 0.262 e. The molecule has 0 aliphatic heterocycles. The fourth-order valence-corrected chi connectivity index (χ4v) is 2.25. The van der Waals surface area contributed by atoms with Crippen molar-refractivity contribution in [3.05, 3.63) is 74.8 Å². The summed E-state index contributed by atoms with van der Waals surface area (Å²) >= 11 is 11.5. The Labute approximate surface area is 147 Å². The molecule has 0 fully saturated rings. The summed E-state index contributed by atoms with van der Waals surface area (Å²) in [5.41, 5.74) is -0.362. The minimum absolute atomic E-state index is 0.0675. The number of nitriles is 1. The molecule has 3 nitrogen and oxygen atoms in total. The summed E-state index contributed by atoms with van der Waals surface area (Å²) in [5, 5.41) is 11.7. The van der Waals surface area contributed by atoms with Gasteiger partial charge in [-0.05, 0) is 29.8 Å². The first-order valence-electron chi connectivity index (χ1n) is 6.71. The molecule has 0 atom stereocenters. The zero-order valence-corrected chi connectivity index (χ0v) is 13.6. The Balaban J connectivity index is 2.23. The molecule has 1 N–H and O–H groups in total. The minimum Gasteiger partial charge on any atom is -0.347 e. The molecule has 0 heterocycles. The van der Waals surface area contributed by atoms with Gasteiger partial charge in [-0.25, -0.2) is 8.78 Å². The summed E-state index contributed by atoms with van der Waals surface area (Å²) in [5.74, 6) is -2.75. The van der Waals surface area contributed by atoms with Gasteiger partial charge < -0.3 is 5.32 Å². The Morgan fingerprint density at radius 1 is 1.17 bits per heavy atom. The van der Waals surface area contributed by atoms with E-state index < -0.39 is 28.7 Å². The molecule has 0 aliphatic carbocycles. The van der Waals surface area contributed by atoms with Crippen LogP contribution in [0.4, 0.5) is 8.78 Å². The van der Waals surface area contributed by atoms with Gasteiger partial charge in [-0.3, -0.25) is 4.79 Å². The van der Waals surface area contributed by atoms with Crippen LogP contribution in [0.3, 0.4) is 0 Å². The average molecular weight is 367 g/mol. The molecular formula is C17H10Cl2F2N2O. The number of rotatable bonds is 4. The van der Waals surface area contributed by atoms with Gasteiger partial charge in [0.05, 0.1) is 5.02 Å². The molecule has 0 aromatic heterocycles. The highest BCUT2D eigenvalue weighted by Gasteiger charge is 2.15. The number of hydrogen-bond donors (Lipinski definition) is 1. The highest BCUT2D eigenvalue weighted by molar-refractivity contribution is 6.31. The lowest BCUT2D eigenvalue weighted by atomic mass is 10.1. The number of hydrogen-bond acceptors (Lipinski definition) is 2. The van der Waals surface area contributed by atoms with E-state index in [2.05, 4.69) is 5.32 Å². The Morgan fingerprint density at radius 3 is 2.54 bits per heavy atom. The van der Waals surface area contributed by atoms with Crippen molar-refractivity contribution in [2.45, 2.75) is 6.54 Å². The number of nitrogens with one attached hydrogen (secondary N) is 1. The van der Waals surface area contributed by atoms with Crippen molar-refractivity contribution in [3.8, 4) is 6.07 Å². The monoisotopic (exact) mass is 366 g/mol. The molecule has 0 bridgehead atoms. The highest BCUT2D eigenvalue weighted by atomic mass is 35.5. The molecule has 7 heteroatoms. The largest absolute Gasteiger partial charge is 0.347 e. The van der Waals surface area contributed by atoms with E-state index in [1.165, 1.54) is 0 Å². The smallest absolute Gasteiger partial charge is 0.262 e. The van der Waals surface area contributed by atoms with E-state index in [1.54, 1.807) is 30.3 Å². The van der Waals surface area contributed by atoms with E-state index in [-0.39, 0.29) is 11.6 Å². The Hall–Kier alpha value is -2.42. The first-order chi connectivity index (χ1) is 11.4. The van der Waals surface area contributed by atoms with Crippen molar-refractivity contribution in [1.29, 1.82) is 5.26 Å². The SMILES string of the molecule is N#CC(=Cc1c(F)ccc(Cl)c1F)C(=O)NCc1ccccc1Cl. The molecule has 1 amide bonds. The quantitative estimate of drug-likeness (QED) is 0.492. The van der Waals surface area contributed by atoms with Gasteiger partial charge in [0.15, 0.2) is 5.82 Å². The normalized spacial score (nSPS) is 11.0. The van der Waals surface area contributed by atoms with Crippen LogP contribution >= 0.6 is 23.2 Å². The second-order valence-electron chi connectivity index (χ2n) is 4.70. The molecule has 0 aliphatic rings. The summed E-state index contributed by atoms with van der Waals surface area (Å²) in [4.78, 5) is 12.0. The molecule has 0 radical (unpaired) electrons. The first-order valence-corrected chi connectivity index (χ1v) is 7.46. The second kappa shape index (κ2) is 7.91. The predicted molar refractivity (Wildman–Crippen MR) is 88.3 cm³/mol. The lowest BCUT2D eigenvalue weighted by Crippen LogP contribution is -2.24. The van der Waals surface area contributed by atoms with Crippen LogP contribution in [0.5, 0.6) is 0 Å². The molecular weight excluding hydrogens is 357 g/mol. The van der Waals surface area contributed by atoms with Gasteiger partial charge in [0, 0.05) is 17.1 Å². The van der Waals surface area contributed by atoms with Gasteiger partial charge in [0.1, 0.15) is 17.5 Å². The summed E-state index contributed by atoms with van der Waals surface area (Å²) in [6.45, 7) is 0.0675. The van der Waals surface area contributed by atoms with Gasteiger partial charge in [0.2, 0.25) is 0 Å². The third-order valence-electron chi connectivity index (χ3n) is 3.13. The molecule has 2 aromatic rings. The van der Waals surface area contributed by atoms with E-state index in [1.807, 2.05) is 0 Å². The lowest BCUT2D eigenvalue weighted by Gasteiger charge is -2.07. The van der Waals surface area contributed by atoms with Gasteiger partial charge in [-0.1, -0.05) is 41.4 Å². The van der Waals surface area contributed by atoms with Crippen molar-refractivity contribution in [2.75, 3.05) is 0 Å². The van der Waals surface area contributed by atoms with E-state index in [4.69, 9.17) is 28.5 Å². The molecule has 122 valence electrons. The van der Waals surface area contributed by atoms with Crippen molar-refractivity contribution < 1.29 is 13.6 Å². The molecule has 2 aromatic carbocycles. The second-order valence-corrected chi connectivity index (χ2v) is 5.52. The number of amides is 1. The number of carbonyl (C=O) groups excluding carboxylic acids is 1. The fraction of sp³-hybridized carbons (Fsp3) is 0.0588. The fourth-order valence-electron chi connectivity index (χ4n) is 1.88. The molecule has 0 saturated heterocycles. The summed E-state index contributed by atoms with van der Waals surface area (Å²) < 4.78 is 27.5. The number of benzene rings is 2. The molecule has 2 rings (SSSR count). The van der Waals surface area contributed by atoms with Crippen molar-refractivity contribution in [2.24, 2.45) is 0 Å². The van der Waals surface area contributed by atoms with E-state index >= 15 is 0 Å². The molecule has 0 unspecified atom stereocenters. The third kappa shape index (κ3) is 4.10. The van der Waals surface area contributed by atoms with E-state index in [0.29, 0.717) is 10.6 Å². The Kier molecular flexibility index (Phi) is 5.91.